The van der Waals surface area contributed by atoms with Gasteiger partial charge >= 0.3 is 18.0 Å². The van der Waals surface area contributed by atoms with Crippen LogP contribution in [0.5, 0.6) is 0 Å². The number of nitrogens with zero attached hydrogens (tertiary/aromatic N) is 3. The Bertz CT molecular complexity index is 1580. The third-order valence-electron chi connectivity index (χ3n) is 7.20. The van der Waals surface area contributed by atoms with Gasteiger partial charge in [-0.15, -0.1) is 0 Å². The van der Waals surface area contributed by atoms with Gasteiger partial charge in [-0.3, -0.25) is 28.9 Å². The fourth-order valence-electron chi connectivity index (χ4n) is 5.23. The molecule has 9 nitrogen and oxygen atoms in total. The number of benzene rings is 3. The van der Waals surface area contributed by atoms with E-state index in [4.69, 9.17) is 10.7 Å². The molecule has 0 aromatic heterocycles. The maximum Gasteiger partial charge on any atom is 0.313 e. The van der Waals surface area contributed by atoms with E-state index in [-0.39, 0.29) is 31.0 Å². The monoisotopic (exact) mass is 524 g/mol. The molecule has 9 heteroatoms. The Morgan fingerprint density at radius 2 is 1.77 bits per heavy atom. The van der Waals surface area contributed by atoms with Crippen molar-refractivity contribution in [3.63, 3.8) is 0 Å². The van der Waals surface area contributed by atoms with Gasteiger partial charge in [-0.05, 0) is 29.3 Å². The van der Waals surface area contributed by atoms with Crippen molar-refractivity contribution in [2.45, 2.75) is 30.5 Å². The molecular formula is C30H27N5O4. The van der Waals surface area contributed by atoms with Crippen molar-refractivity contribution >= 4 is 35.0 Å². The molecule has 0 unspecified atom stereocenters. The standard InChI is InChI=1S/C30H27N5O4/c1-31-25-18-30(22-15-9-10-16-23(22)33-29(30)39)19-35(25)27(37)24(17-20-11-5-3-6-12-20)34(2)28(38)26(36)32-21-13-7-4-8-14-21/h3-16,24-25H,17-19H2,2H3,(H,32,36)(H,33,39)/t24-,25-,30-/m0/s1/i2D3. The molecule has 196 valence electrons. The molecule has 4 amide bonds. The summed E-state index contributed by atoms with van der Waals surface area (Å²) >= 11 is 0. The molecule has 0 saturated carbocycles. The smallest absolute Gasteiger partial charge is 0.313 e. The van der Waals surface area contributed by atoms with Crippen LogP contribution in [-0.4, -0.2) is 59.2 Å². The van der Waals surface area contributed by atoms with E-state index >= 15 is 0 Å². The lowest BCUT2D eigenvalue weighted by molar-refractivity contribution is -0.149. The summed E-state index contributed by atoms with van der Waals surface area (Å²) in [5, 5.41) is 5.21. The second-order valence-electron chi connectivity index (χ2n) is 9.56. The number of amides is 4. The Morgan fingerprint density at radius 3 is 2.46 bits per heavy atom. The van der Waals surface area contributed by atoms with Crippen LogP contribution in [0.1, 0.15) is 21.7 Å². The largest absolute Gasteiger partial charge is 0.325 e. The van der Waals surface area contributed by atoms with Crippen LogP contribution in [0.15, 0.2) is 84.9 Å². The summed E-state index contributed by atoms with van der Waals surface area (Å²) in [6.07, 6.45) is -1.34. The predicted octanol–water partition coefficient (Wildman–Crippen LogP) is 3.06. The van der Waals surface area contributed by atoms with Crippen LogP contribution in [0, 0.1) is 6.57 Å². The van der Waals surface area contributed by atoms with Crippen molar-refractivity contribution in [1.82, 2.24) is 9.80 Å². The zero-order chi connectivity index (χ0) is 30.1. The molecular weight excluding hydrogens is 494 g/mol. The normalized spacial score (nSPS) is 21.5. The van der Waals surface area contributed by atoms with Gasteiger partial charge in [-0.1, -0.05) is 66.7 Å². The Hall–Kier alpha value is -4.97. The average Bonchev–Trinajstić information content (AvgIpc) is 3.50. The van der Waals surface area contributed by atoms with E-state index in [1.165, 1.54) is 17.0 Å². The predicted molar refractivity (Wildman–Crippen MR) is 145 cm³/mol. The van der Waals surface area contributed by atoms with Gasteiger partial charge in [0.25, 0.3) is 5.91 Å². The quantitative estimate of drug-likeness (QED) is 0.396. The van der Waals surface area contributed by atoms with Crippen LogP contribution in [0.4, 0.5) is 11.4 Å². The first kappa shape index (κ1) is 22.1. The Kier molecular flexibility index (Phi) is 5.89. The first-order valence-corrected chi connectivity index (χ1v) is 12.4. The Morgan fingerprint density at radius 1 is 1.10 bits per heavy atom. The highest BCUT2D eigenvalue weighted by Gasteiger charge is 2.59. The highest BCUT2D eigenvalue weighted by atomic mass is 16.2. The summed E-state index contributed by atoms with van der Waals surface area (Å²) in [4.78, 5) is 59.2. The number of carbonyl (C=O) groups excluding carboxylic acids is 4. The SMILES string of the molecule is [2H]C([2H])([2H])N(C(=O)C(=O)Nc1ccccc1)[C@@H](Cc1ccccc1)C(=O)N1C[C@]2(C[C@H]1[N+]#[C-])C(=O)Nc1ccccc12. The van der Waals surface area contributed by atoms with Gasteiger partial charge in [0, 0.05) is 35.4 Å². The molecule has 3 aromatic carbocycles. The minimum absolute atomic E-state index is 0.000644. The topological polar surface area (TPSA) is 103 Å². The van der Waals surface area contributed by atoms with Crippen LogP contribution in [0.25, 0.3) is 4.85 Å². The number of para-hydroxylation sites is 2. The van der Waals surface area contributed by atoms with E-state index in [0.29, 0.717) is 21.7 Å². The minimum Gasteiger partial charge on any atom is -0.325 e. The van der Waals surface area contributed by atoms with Crippen molar-refractivity contribution < 1.29 is 23.3 Å². The number of hydrogen-bond acceptors (Lipinski definition) is 4. The molecule has 1 saturated heterocycles. The molecule has 0 aliphatic carbocycles. The van der Waals surface area contributed by atoms with Crippen LogP contribution in [0.2, 0.25) is 0 Å². The lowest BCUT2D eigenvalue weighted by atomic mass is 9.80. The van der Waals surface area contributed by atoms with Gasteiger partial charge in [0.15, 0.2) is 0 Å². The second kappa shape index (κ2) is 10.4. The number of likely N-dealkylation sites (N-methyl/N-ethyl adjacent to an activating group) is 1. The van der Waals surface area contributed by atoms with Gasteiger partial charge in [-0.2, -0.15) is 0 Å². The highest BCUT2D eigenvalue weighted by molar-refractivity contribution is 6.39. The molecule has 3 aromatic rings. The van der Waals surface area contributed by atoms with Gasteiger partial charge in [0.2, 0.25) is 5.91 Å². The molecule has 1 fully saturated rings. The van der Waals surface area contributed by atoms with E-state index in [1.54, 1.807) is 72.8 Å². The Labute approximate surface area is 230 Å². The fraction of sp³-hybridized carbons (Fsp3) is 0.233. The lowest BCUT2D eigenvalue weighted by Crippen LogP contribution is -2.54. The van der Waals surface area contributed by atoms with Crippen molar-refractivity contribution in [2.75, 3.05) is 24.2 Å². The van der Waals surface area contributed by atoms with E-state index in [9.17, 15) is 19.2 Å². The van der Waals surface area contributed by atoms with Gasteiger partial charge in [0.05, 0.1) is 6.42 Å². The summed E-state index contributed by atoms with van der Waals surface area (Å²) < 4.78 is 24.6. The van der Waals surface area contributed by atoms with Crippen LogP contribution < -0.4 is 10.6 Å². The second-order valence-corrected chi connectivity index (χ2v) is 9.56. The summed E-state index contributed by atoms with van der Waals surface area (Å²) in [5.74, 6) is -3.86. The van der Waals surface area contributed by atoms with Crippen LogP contribution in [-0.2, 0) is 31.0 Å². The third-order valence-corrected chi connectivity index (χ3v) is 7.20. The first-order chi connectivity index (χ1) is 20.0. The maximum absolute atomic E-state index is 14.3. The molecule has 2 N–H and O–H groups in total. The average molecular weight is 525 g/mol. The summed E-state index contributed by atoms with van der Waals surface area (Å²) in [6, 6.07) is 21.9. The van der Waals surface area contributed by atoms with E-state index in [0.717, 1.165) is 0 Å². The lowest BCUT2D eigenvalue weighted by Gasteiger charge is -2.31. The van der Waals surface area contributed by atoms with E-state index in [1.807, 2.05) is 0 Å². The number of rotatable bonds is 5. The number of hydrogen-bond donors (Lipinski definition) is 2. The number of likely N-dealkylation sites (tertiary alicyclic amines) is 1. The molecule has 2 aliphatic rings. The molecule has 1 spiro atoms. The van der Waals surface area contributed by atoms with E-state index < -0.39 is 42.3 Å². The molecule has 2 aliphatic heterocycles. The van der Waals surface area contributed by atoms with Crippen LogP contribution in [0.3, 0.4) is 0 Å². The Balaban J connectivity index is 1.53. The zero-order valence-corrected chi connectivity index (χ0v) is 20.8. The zero-order valence-electron chi connectivity index (χ0n) is 23.8. The number of fused-ring (bicyclic) bond motifs is 2. The molecule has 2 heterocycles. The highest BCUT2D eigenvalue weighted by Crippen LogP contribution is 2.46. The summed E-state index contributed by atoms with van der Waals surface area (Å²) in [5.41, 5.74) is 0.826. The number of anilines is 2. The summed E-state index contributed by atoms with van der Waals surface area (Å²) in [6.45, 7) is 4.45. The molecule has 5 rings (SSSR count). The van der Waals surface area contributed by atoms with Crippen molar-refractivity contribution in [1.29, 1.82) is 0 Å². The molecule has 0 bridgehead atoms. The van der Waals surface area contributed by atoms with Gasteiger partial charge in [0.1, 0.15) is 11.5 Å². The molecule has 39 heavy (non-hydrogen) atoms. The first-order valence-electron chi connectivity index (χ1n) is 13.9. The fourth-order valence-corrected chi connectivity index (χ4v) is 5.23. The number of carbonyl (C=O) groups is 4. The maximum atomic E-state index is 14.3. The van der Waals surface area contributed by atoms with E-state index in [2.05, 4.69) is 15.5 Å². The number of nitrogens with one attached hydrogen (secondary N) is 2. The van der Waals surface area contributed by atoms with Gasteiger partial charge < -0.3 is 15.5 Å². The summed E-state index contributed by atoms with van der Waals surface area (Å²) in [7, 11) is 0. The van der Waals surface area contributed by atoms with Crippen molar-refractivity contribution in [3.05, 3.63) is 107 Å². The minimum atomic E-state index is -3.19. The van der Waals surface area contributed by atoms with Crippen molar-refractivity contribution in [3.8, 4) is 0 Å². The van der Waals surface area contributed by atoms with Crippen LogP contribution >= 0.6 is 0 Å². The third kappa shape index (κ3) is 4.73. The molecule has 3 atom stereocenters. The molecule has 0 radical (unpaired) electrons. The van der Waals surface area contributed by atoms with Crippen molar-refractivity contribution in [2.24, 2.45) is 0 Å². The van der Waals surface area contributed by atoms with Gasteiger partial charge in [-0.25, -0.2) is 6.57 Å².